The zero-order valence-electron chi connectivity index (χ0n) is 9.26. The second kappa shape index (κ2) is 5.11. The Morgan fingerprint density at radius 3 is 2.44 bits per heavy atom. The highest BCUT2D eigenvalue weighted by Crippen LogP contribution is 2.18. The SMILES string of the molecule is N#Cc1ccccc1OC(=O)c1ccc(F)cc1. The number of carbonyl (C=O) groups is 1. The van der Waals surface area contributed by atoms with Crippen molar-refractivity contribution < 1.29 is 13.9 Å². The van der Waals surface area contributed by atoms with Crippen LogP contribution >= 0.6 is 0 Å². The van der Waals surface area contributed by atoms with Gasteiger partial charge in [-0.15, -0.1) is 0 Å². The van der Waals surface area contributed by atoms with Gasteiger partial charge in [0.05, 0.1) is 11.1 Å². The molecular formula is C14H8FNO2. The summed E-state index contributed by atoms with van der Waals surface area (Å²) in [5, 5.41) is 8.85. The number of carbonyl (C=O) groups excluding carboxylic acids is 1. The van der Waals surface area contributed by atoms with Crippen LogP contribution < -0.4 is 4.74 Å². The fourth-order valence-corrected chi connectivity index (χ4v) is 1.39. The maximum Gasteiger partial charge on any atom is 0.343 e. The van der Waals surface area contributed by atoms with Crippen molar-refractivity contribution in [2.24, 2.45) is 0 Å². The van der Waals surface area contributed by atoms with Gasteiger partial charge in [0.25, 0.3) is 0 Å². The molecular weight excluding hydrogens is 233 g/mol. The van der Waals surface area contributed by atoms with E-state index < -0.39 is 11.8 Å². The van der Waals surface area contributed by atoms with Crippen LogP contribution in [-0.2, 0) is 0 Å². The standard InChI is InChI=1S/C14H8FNO2/c15-12-7-5-10(6-8-12)14(17)18-13-4-2-1-3-11(13)9-16/h1-8H. The smallest absolute Gasteiger partial charge is 0.343 e. The molecule has 0 aliphatic carbocycles. The molecule has 0 fully saturated rings. The molecule has 2 rings (SSSR count). The second-order valence-corrected chi connectivity index (χ2v) is 3.50. The first kappa shape index (κ1) is 11.8. The van der Waals surface area contributed by atoms with Gasteiger partial charge >= 0.3 is 5.97 Å². The molecule has 88 valence electrons. The van der Waals surface area contributed by atoms with E-state index in [1.165, 1.54) is 30.3 Å². The number of rotatable bonds is 2. The van der Waals surface area contributed by atoms with Crippen LogP contribution in [0.2, 0.25) is 0 Å². The van der Waals surface area contributed by atoms with Crippen LogP contribution in [0.5, 0.6) is 5.75 Å². The van der Waals surface area contributed by atoms with E-state index in [1.807, 2.05) is 6.07 Å². The van der Waals surface area contributed by atoms with Crippen molar-refractivity contribution in [1.82, 2.24) is 0 Å². The van der Waals surface area contributed by atoms with E-state index in [4.69, 9.17) is 10.00 Å². The highest BCUT2D eigenvalue weighted by Gasteiger charge is 2.11. The van der Waals surface area contributed by atoms with E-state index in [-0.39, 0.29) is 16.9 Å². The van der Waals surface area contributed by atoms with Gasteiger partial charge in [-0.1, -0.05) is 12.1 Å². The number of para-hydroxylation sites is 1. The van der Waals surface area contributed by atoms with E-state index in [9.17, 15) is 9.18 Å². The molecule has 0 spiro atoms. The number of hydrogen-bond acceptors (Lipinski definition) is 3. The number of benzene rings is 2. The Bertz CT molecular complexity index is 614. The van der Waals surface area contributed by atoms with Gasteiger partial charge in [0, 0.05) is 0 Å². The molecule has 2 aromatic carbocycles. The Morgan fingerprint density at radius 2 is 1.78 bits per heavy atom. The molecule has 0 saturated carbocycles. The zero-order chi connectivity index (χ0) is 13.0. The molecule has 0 amide bonds. The third-order valence-corrected chi connectivity index (χ3v) is 2.29. The third-order valence-electron chi connectivity index (χ3n) is 2.29. The van der Waals surface area contributed by atoms with Crippen molar-refractivity contribution in [1.29, 1.82) is 5.26 Å². The largest absolute Gasteiger partial charge is 0.422 e. The summed E-state index contributed by atoms with van der Waals surface area (Å²) >= 11 is 0. The van der Waals surface area contributed by atoms with Gasteiger partial charge < -0.3 is 4.74 Å². The Balaban J connectivity index is 2.22. The average molecular weight is 241 g/mol. The summed E-state index contributed by atoms with van der Waals surface area (Å²) in [7, 11) is 0. The van der Waals surface area contributed by atoms with Crippen molar-refractivity contribution in [3.63, 3.8) is 0 Å². The van der Waals surface area contributed by atoms with Gasteiger partial charge in [-0.25, -0.2) is 9.18 Å². The summed E-state index contributed by atoms with van der Waals surface area (Å²) in [4.78, 5) is 11.7. The van der Waals surface area contributed by atoms with E-state index in [2.05, 4.69) is 0 Å². The summed E-state index contributed by atoms with van der Waals surface area (Å²) in [6.45, 7) is 0. The Morgan fingerprint density at radius 1 is 1.11 bits per heavy atom. The second-order valence-electron chi connectivity index (χ2n) is 3.50. The highest BCUT2D eigenvalue weighted by atomic mass is 19.1. The molecule has 3 nitrogen and oxygen atoms in total. The van der Waals surface area contributed by atoms with Crippen molar-refractivity contribution >= 4 is 5.97 Å². The summed E-state index contributed by atoms with van der Waals surface area (Å²) in [5.74, 6) is -0.865. The van der Waals surface area contributed by atoms with E-state index in [0.29, 0.717) is 0 Å². The Labute approximate surface area is 103 Å². The van der Waals surface area contributed by atoms with Crippen molar-refractivity contribution in [2.75, 3.05) is 0 Å². The number of ether oxygens (including phenoxy) is 1. The molecule has 0 aromatic heterocycles. The van der Waals surface area contributed by atoms with Gasteiger partial charge in [-0.05, 0) is 36.4 Å². The lowest BCUT2D eigenvalue weighted by Gasteiger charge is -2.05. The first-order valence-corrected chi connectivity index (χ1v) is 5.17. The quantitative estimate of drug-likeness (QED) is 0.600. The molecule has 0 radical (unpaired) electrons. The minimum Gasteiger partial charge on any atom is -0.422 e. The summed E-state index contributed by atoms with van der Waals surface area (Å²) in [6, 6.07) is 13.3. The van der Waals surface area contributed by atoms with Crippen LogP contribution in [0, 0.1) is 17.1 Å². The van der Waals surface area contributed by atoms with Crippen LogP contribution in [0.15, 0.2) is 48.5 Å². The average Bonchev–Trinajstić information content (AvgIpc) is 2.40. The molecule has 0 saturated heterocycles. The van der Waals surface area contributed by atoms with Crippen molar-refractivity contribution in [2.45, 2.75) is 0 Å². The minimum atomic E-state index is -0.627. The van der Waals surface area contributed by atoms with E-state index in [1.54, 1.807) is 18.2 Å². The highest BCUT2D eigenvalue weighted by molar-refractivity contribution is 5.91. The normalized spacial score (nSPS) is 9.56. The lowest BCUT2D eigenvalue weighted by molar-refractivity contribution is 0.0734. The van der Waals surface area contributed by atoms with Gasteiger partial charge in [0.1, 0.15) is 17.6 Å². The Hall–Kier alpha value is -2.67. The third kappa shape index (κ3) is 2.53. The van der Waals surface area contributed by atoms with Crippen LogP contribution in [0.1, 0.15) is 15.9 Å². The molecule has 4 heteroatoms. The van der Waals surface area contributed by atoms with Crippen LogP contribution in [-0.4, -0.2) is 5.97 Å². The molecule has 0 aliphatic heterocycles. The van der Waals surface area contributed by atoms with Gasteiger partial charge in [0.2, 0.25) is 0 Å². The molecule has 2 aromatic rings. The van der Waals surface area contributed by atoms with Crippen LogP contribution in [0.4, 0.5) is 4.39 Å². The topological polar surface area (TPSA) is 50.1 Å². The van der Waals surface area contributed by atoms with Crippen molar-refractivity contribution in [3.05, 3.63) is 65.5 Å². The molecule has 0 aliphatic rings. The number of nitrogens with zero attached hydrogens (tertiary/aromatic N) is 1. The van der Waals surface area contributed by atoms with Gasteiger partial charge in [0.15, 0.2) is 0 Å². The summed E-state index contributed by atoms with van der Waals surface area (Å²) < 4.78 is 17.8. The Kier molecular flexibility index (Phi) is 3.35. The minimum absolute atomic E-state index is 0.189. The number of nitriles is 1. The first-order valence-electron chi connectivity index (χ1n) is 5.17. The van der Waals surface area contributed by atoms with E-state index >= 15 is 0 Å². The van der Waals surface area contributed by atoms with Crippen LogP contribution in [0.25, 0.3) is 0 Å². The van der Waals surface area contributed by atoms with Gasteiger partial charge in [-0.2, -0.15) is 5.26 Å². The van der Waals surface area contributed by atoms with Crippen LogP contribution in [0.3, 0.4) is 0 Å². The number of esters is 1. The number of halogens is 1. The lowest BCUT2D eigenvalue weighted by Crippen LogP contribution is -2.09. The van der Waals surface area contributed by atoms with Crippen molar-refractivity contribution in [3.8, 4) is 11.8 Å². The monoisotopic (exact) mass is 241 g/mol. The predicted octanol–water partition coefficient (Wildman–Crippen LogP) is 2.92. The maximum atomic E-state index is 12.7. The molecule has 0 N–H and O–H groups in total. The molecule has 0 unspecified atom stereocenters. The molecule has 18 heavy (non-hydrogen) atoms. The molecule has 0 heterocycles. The fourth-order valence-electron chi connectivity index (χ4n) is 1.39. The number of hydrogen-bond donors (Lipinski definition) is 0. The summed E-state index contributed by atoms with van der Waals surface area (Å²) in [5.41, 5.74) is 0.497. The first-order chi connectivity index (χ1) is 8.70. The molecule has 0 atom stereocenters. The zero-order valence-corrected chi connectivity index (χ0v) is 9.26. The predicted molar refractivity (Wildman–Crippen MR) is 62.5 cm³/mol. The maximum absolute atomic E-state index is 12.7. The van der Waals surface area contributed by atoms with Gasteiger partial charge in [-0.3, -0.25) is 0 Å². The van der Waals surface area contributed by atoms with E-state index in [0.717, 1.165) is 0 Å². The lowest BCUT2D eigenvalue weighted by atomic mass is 10.2. The summed E-state index contributed by atoms with van der Waals surface area (Å²) in [6.07, 6.45) is 0. The molecule has 0 bridgehead atoms. The fraction of sp³-hybridized carbons (Fsp3) is 0.